The van der Waals surface area contributed by atoms with E-state index in [2.05, 4.69) is 5.32 Å². The van der Waals surface area contributed by atoms with Gasteiger partial charge < -0.3 is 24.3 Å². The number of rotatable bonds is 7. The smallest absolute Gasteiger partial charge is 0.262 e. The Kier molecular flexibility index (Phi) is 6.14. The summed E-state index contributed by atoms with van der Waals surface area (Å²) in [5, 5.41) is 3.18. The molecule has 0 bridgehead atoms. The van der Waals surface area contributed by atoms with E-state index in [4.69, 9.17) is 30.5 Å². The lowest BCUT2D eigenvalue weighted by Crippen LogP contribution is -2.21. The van der Waals surface area contributed by atoms with Gasteiger partial charge in [-0.3, -0.25) is 4.79 Å². The maximum absolute atomic E-state index is 12.1. The molecule has 0 aliphatic heterocycles. The summed E-state index contributed by atoms with van der Waals surface area (Å²) in [6, 6.07) is 10.1. The molecule has 0 unspecified atom stereocenters. The number of anilines is 1. The SMILES string of the molecule is COc1ccc(Cl)cc1NC(=O)COc1c(OC)cccc1OC. The molecule has 0 spiro atoms. The zero-order valence-electron chi connectivity index (χ0n) is 13.6. The lowest BCUT2D eigenvalue weighted by molar-refractivity contribution is -0.118. The number of carbonyl (C=O) groups is 1. The maximum atomic E-state index is 12.1. The van der Waals surface area contributed by atoms with Gasteiger partial charge in [-0.2, -0.15) is 0 Å². The van der Waals surface area contributed by atoms with Crippen LogP contribution in [0.3, 0.4) is 0 Å². The highest BCUT2D eigenvalue weighted by atomic mass is 35.5. The molecule has 0 saturated carbocycles. The van der Waals surface area contributed by atoms with Crippen LogP contribution in [-0.2, 0) is 4.79 Å². The number of methoxy groups -OCH3 is 3. The molecule has 0 saturated heterocycles. The van der Waals surface area contributed by atoms with E-state index in [1.54, 1.807) is 36.4 Å². The zero-order valence-corrected chi connectivity index (χ0v) is 14.3. The number of para-hydroxylation sites is 1. The summed E-state index contributed by atoms with van der Waals surface area (Å²) in [5.41, 5.74) is 0.464. The lowest BCUT2D eigenvalue weighted by atomic mass is 10.3. The van der Waals surface area contributed by atoms with E-state index < -0.39 is 0 Å². The molecule has 7 heteroatoms. The highest BCUT2D eigenvalue weighted by Crippen LogP contribution is 2.36. The number of nitrogens with one attached hydrogen (secondary N) is 1. The Hall–Kier alpha value is -2.60. The topological polar surface area (TPSA) is 66.0 Å². The first-order valence-corrected chi connectivity index (χ1v) is 7.44. The lowest BCUT2D eigenvalue weighted by Gasteiger charge is -2.14. The van der Waals surface area contributed by atoms with Gasteiger partial charge in [0.2, 0.25) is 5.75 Å². The molecule has 0 heterocycles. The quantitative estimate of drug-likeness (QED) is 0.828. The predicted molar refractivity (Wildman–Crippen MR) is 91.7 cm³/mol. The minimum Gasteiger partial charge on any atom is -0.495 e. The van der Waals surface area contributed by atoms with Crippen LogP contribution >= 0.6 is 11.6 Å². The van der Waals surface area contributed by atoms with Crippen LogP contribution in [0.4, 0.5) is 5.69 Å². The van der Waals surface area contributed by atoms with Gasteiger partial charge in [-0.1, -0.05) is 17.7 Å². The second-order valence-corrected chi connectivity index (χ2v) is 5.11. The van der Waals surface area contributed by atoms with Crippen molar-refractivity contribution in [2.24, 2.45) is 0 Å². The molecule has 2 rings (SSSR count). The molecule has 0 fully saturated rings. The monoisotopic (exact) mass is 351 g/mol. The molecule has 1 amide bonds. The summed E-state index contributed by atoms with van der Waals surface area (Å²) in [4.78, 5) is 12.1. The molecule has 6 nitrogen and oxygen atoms in total. The van der Waals surface area contributed by atoms with Crippen LogP contribution in [0.25, 0.3) is 0 Å². The highest BCUT2D eigenvalue weighted by Gasteiger charge is 2.14. The first-order valence-electron chi connectivity index (χ1n) is 7.06. The molecule has 2 aromatic carbocycles. The predicted octanol–water partition coefficient (Wildman–Crippen LogP) is 3.38. The van der Waals surface area contributed by atoms with Crippen LogP contribution in [0.2, 0.25) is 5.02 Å². The first kappa shape index (κ1) is 17.7. The van der Waals surface area contributed by atoms with E-state index in [9.17, 15) is 4.79 Å². The van der Waals surface area contributed by atoms with Crippen molar-refractivity contribution in [3.63, 3.8) is 0 Å². The summed E-state index contributed by atoms with van der Waals surface area (Å²) in [5.74, 6) is 1.44. The summed E-state index contributed by atoms with van der Waals surface area (Å²) < 4.78 is 21.2. The van der Waals surface area contributed by atoms with Gasteiger partial charge in [0, 0.05) is 5.02 Å². The van der Waals surface area contributed by atoms with Gasteiger partial charge >= 0.3 is 0 Å². The molecule has 1 N–H and O–H groups in total. The molecule has 128 valence electrons. The minimum absolute atomic E-state index is 0.230. The Labute approximate surface area is 145 Å². The van der Waals surface area contributed by atoms with Gasteiger partial charge in [-0.05, 0) is 30.3 Å². The number of ether oxygens (including phenoxy) is 4. The second kappa shape index (κ2) is 8.31. The average Bonchev–Trinajstić information content (AvgIpc) is 2.59. The molecule has 0 aliphatic carbocycles. The third kappa shape index (κ3) is 4.23. The van der Waals surface area contributed by atoms with Crippen molar-refractivity contribution in [1.82, 2.24) is 0 Å². The Morgan fingerprint density at radius 2 is 1.62 bits per heavy atom. The molecule has 0 radical (unpaired) electrons. The van der Waals surface area contributed by atoms with Crippen LogP contribution < -0.4 is 24.3 Å². The molecular weight excluding hydrogens is 334 g/mol. The van der Waals surface area contributed by atoms with Crippen molar-refractivity contribution >= 4 is 23.2 Å². The summed E-state index contributed by atoms with van der Waals surface area (Å²) in [6.45, 7) is -0.230. The van der Waals surface area contributed by atoms with Gasteiger partial charge in [0.15, 0.2) is 18.1 Å². The summed E-state index contributed by atoms with van der Waals surface area (Å²) in [6.07, 6.45) is 0. The van der Waals surface area contributed by atoms with E-state index in [0.717, 1.165) is 0 Å². The highest BCUT2D eigenvalue weighted by molar-refractivity contribution is 6.31. The van der Waals surface area contributed by atoms with Crippen LogP contribution in [0, 0.1) is 0 Å². The molecule has 2 aromatic rings. The van der Waals surface area contributed by atoms with E-state index in [-0.39, 0.29) is 12.5 Å². The van der Waals surface area contributed by atoms with Gasteiger partial charge in [-0.25, -0.2) is 0 Å². The molecular formula is C17H18ClNO5. The molecule has 0 atom stereocenters. The van der Waals surface area contributed by atoms with E-state index >= 15 is 0 Å². The minimum atomic E-state index is -0.372. The summed E-state index contributed by atoms with van der Waals surface area (Å²) >= 11 is 5.94. The Morgan fingerprint density at radius 3 is 2.21 bits per heavy atom. The number of hydrogen-bond donors (Lipinski definition) is 1. The Morgan fingerprint density at radius 1 is 1.00 bits per heavy atom. The van der Waals surface area contributed by atoms with Crippen LogP contribution in [-0.4, -0.2) is 33.8 Å². The second-order valence-electron chi connectivity index (χ2n) is 4.67. The molecule has 24 heavy (non-hydrogen) atoms. The number of benzene rings is 2. The van der Waals surface area contributed by atoms with E-state index in [0.29, 0.717) is 33.7 Å². The Balaban J connectivity index is 2.08. The van der Waals surface area contributed by atoms with Gasteiger partial charge in [0.1, 0.15) is 5.75 Å². The van der Waals surface area contributed by atoms with Gasteiger partial charge in [-0.15, -0.1) is 0 Å². The standard InChI is InChI=1S/C17H18ClNO5/c1-21-13-8-7-11(18)9-12(13)19-16(20)10-24-17-14(22-2)5-4-6-15(17)23-3/h4-9H,10H2,1-3H3,(H,19,20). The fourth-order valence-electron chi connectivity index (χ4n) is 2.06. The van der Waals surface area contributed by atoms with Crippen molar-refractivity contribution in [1.29, 1.82) is 0 Å². The van der Waals surface area contributed by atoms with Crippen LogP contribution in [0.1, 0.15) is 0 Å². The Bertz CT molecular complexity index is 698. The number of carbonyl (C=O) groups excluding carboxylic acids is 1. The van der Waals surface area contributed by atoms with Crippen molar-refractivity contribution in [3.05, 3.63) is 41.4 Å². The van der Waals surface area contributed by atoms with Crippen molar-refractivity contribution in [3.8, 4) is 23.0 Å². The zero-order chi connectivity index (χ0) is 17.5. The van der Waals surface area contributed by atoms with Gasteiger partial charge in [0.25, 0.3) is 5.91 Å². The number of halogens is 1. The fraction of sp³-hybridized carbons (Fsp3) is 0.235. The third-order valence-electron chi connectivity index (χ3n) is 3.17. The van der Waals surface area contributed by atoms with Crippen LogP contribution in [0.15, 0.2) is 36.4 Å². The van der Waals surface area contributed by atoms with Gasteiger partial charge in [0.05, 0.1) is 27.0 Å². The number of hydrogen-bond acceptors (Lipinski definition) is 5. The molecule has 0 aromatic heterocycles. The van der Waals surface area contributed by atoms with E-state index in [1.165, 1.54) is 21.3 Å². The first-order chi connectivity index (χ1) is 11.6. The van der Waals surface area contributed by atoms with Crippen molar-refractivity contribution < 1.29 is 23.7 Å². The number of amides is 1. The van der Waals surface area contributed by atoms with E-state index in [1.807, 2.05) is 0 Å². The fourth-order valence-corrected chi connectivity index (χ4v) is 2.23. The molecule has 0 aliphatic rings. The summed E-state index contributed by atoms with van der Waals surface area (Å²) in [7, 11) is 4.53. The normalized spacial score (nSPS) is 10.0. The maximum Gasteiger partial charge on any atom is 0.262 e. The largest absolute Gasteiger partial charge is 0.495 e. The van der Waals surface area contributed by atoms with Crippen molar-refractivity contribution in [2.75, 3.05) is 33.3 Å². The van der Waals surface area contributed by atoms with Crippen molar-refractivity contribution in [2.45, 2.75) is 0 Å². The third-order valence-corrected chi connectivity index (χ3v) is 3.40. The average molecular weight is 352 g/mol. The van der Waals surface area contributed by atoms with Crippen LogP contribution in [0.5, 0.6) is 23.0 Å².